The molecule has 62 heavy (non-hydrogen) atoms. The number of aliphatic hydroxyl groups is 1. The maximum Gasteiger partial charge on any atom is 0.422 e. The third-order valence-electron chi connectivity index (χ3n) is 10.4. The molecule has 2 saturated heterocycles. The lowest BCUT2D eigenvalue weighted by Crippen LogP contribution is -2.51. The van der Waals surface area contributed by atoms with Crippen molar-refractivity contribution in [1.29, 1.82) is 0 Å². The first kappa shape index (κ1) is 45.7. The van der Waals surface area contributed by atoms with Gasteiger partial charge in [-0.05, 0) is 69.9 Å². The third-order valence-corrected chi connectivity index (χ3v) is 10.4. The van der Waals surface area contributed by atoms with Gasteiger partial charge in [0.25, 0.3) is 0 Å². The fraction of sp³-hybridized carbons (Fsp3) is 0.413. The third kappa shape index (κ3) is 11.5. The van der Waals surface area contributed by atoms with Gasteiger partial charge in [0, 0.05) is 42.2 Å². The van der Waals surface area contributed by atoms with Crippen LogP contribution in [0.25, 0.3) is 6.08 Å². The van der Waals surface area contributed by atoms with Crippen molar-refractivity contribution in [1.82, 2.24) is 10.2 Å². The standard InChI is InChI=1S/C46H49F3N2O11/c1-44(2,3)61-39(54)23-21-34(27-52)50-41(55)35-15-10-24-51(35)42(56)31-25-36(59-43(57)30-19-16-29(17-20-30)18-22-38(53)58-28-45(47,48)49)40-37(26-31)60-46(62-40,32-11-6-4-7-12-32)33-13-8-5-9-14-33/h4-9,11-14,16-20,22,26,34-37,40,52H,10,15,21,23-25,27-28H2,1-3H3,(H,50,55). The number of esters is 3. The van der Waals surface area contributed by atoms with E-state index >= 15 is 0 Å². The van der Waals surface area contributed by atoms with Gasteiger partial charge >= 0.3 is 24.1 Å². The Hall–Kier alpha value is -5.84. The molecule has 330 valence electrons. The number of nitrogens with one attached hydrogen (secondary N) is 1. The van der Waals surface area contributed by atoms with Crippen LogP contribution < -0.4 is 5.32 Å². The number of halogens is 3. The summed E-state index contributed by atoms with van der Waals surface area (Å²) in [4.78, 5) is 67.5. The number of amides is 2. The Morgan fingerprint density at radius 1 is 0.935 bits per heavy atom. The number of rotatable bonds is 14. The van der Waals surface area contributed by atoms with Gasteiger partial charge in [0.15, 0.2) is 6.61 Å². The van der Waals surface area contributed by atoms with Crippen LogP contribution in [0, 0.1) is 0 Å². The minimum absolute atomic E-state index is 0.0346. The first-order valence-electron chi connectivity index (χ1n) is 20.3. The average molecular weight is 863 g/mol. The molecular weight excluding hydrogens is 814 g/mol. The predicted molar refractivity (Wildman–Crippen MR) is 217 cm³/mol. The molecule has 5 atom stereocenters. The monoisotopic (exact) mass is 862 g/mol. The Bertz CT molecular complexity index is 2100. The molecule has 3 aromatic rings. The van der Waals surface area contributed by atoms with Crippen LogP contribution in [-0.4, -0.2) is 102 Å². The second-order valence-electron chi connectivity index (χ2n) is 16.2. The highest BCUT2D eigenvalue weighted by Crippen LogP contribution is 2.47. The molecule has 5 unspecified atom stereocenters. The van der Waals surface area contributed by atoms with Gasteiger partial charge in [-0.2, -0.15) is 13.2 Å². The SMILES string of the molecule is CC(C)(C)OC(=O)CCC(CO)NC(=O)C1CCCN1C(=O)C1=CC2OC(c3ccccc3)(c3ccccc3)OC2C(OC(=O)c2ccc(C=CC(=O)OCC(F)(F)F)cc2)C1. The van der Waals surface area contributed by atoms with Crippen LogP contribution in [0.3, 0.4) is 0 Å². The molecule has 13 nitrogen and oxygen atoms in total. The van der Waals surface area contributed by atoms with Crippen molar-refractivity contribution in [2.45, 2.75) is 101 Å². The Labute approximate surface area is 356 Å². The number of hydrogen-bond acceptors (Lipinski definition) is 11. The summed E-state index contributed by atoms with van der Waals surface area (Å²) in [5, 5.41) is 12.8. The van der Waals surface area contributed by atoms with Gasteiger partial charge in [-0.1, -0.05) is 72.8 Å². The normalized spacial score (nSPS) is 21.4. The molecule has 6 rings (SSSR count). The quantitative estimate of drug-likeness (QED) is 0.112. The molecule has 3 aromatic carbocycles. The van der Waals surface area contributed by atoms with Crippen molar-refractivity contribution in [3.63, 3.8) is 0 Å². The topological polar surface area (TPSA) is 167 Å². The summed E-state index contributed by atoms with van der Waals surface area (Å²) in [5.41, 5.74) is 1.32. The van der Waals surface area contributed by atoms with E-state index in [4.69, 9.17) is 18.9 Å². The van der Waals surface area contributed by atoms with E-state index < -0.39 is 90.9 Å². The lowest BCUT2D eigenvalue weighted by molar-refractivity contribution is -0.182. The van der Waals surface area contributed by atoms with Crippen molar-refractivity contribution in [3.8, 4) is 0 Å². The van der Waals surface area contributed by atoms with E-state index in [9.17, 15) is 42.3 Å². The van der Waals surface area contributed by atoms with Crippen molar-refractivity contribution >= 4 is 35.8 Å². The van der Waals surface area contributed by atoms with Crippen molar-refractivity contribution in [3.05, 3.63) is 125 Å². The van der Waals surface area contributed by atoms with Crippen LogP contribution in [-0.2, 0) is 48.6 Å². The molecule has 3 aliphatic rings. The van der Waals surface area contributed by atoms with Crippen LogP contribution in [0.2, 0.25) is 0 Å². The summed E-state index contributed by atoms with van der Waals surface area (Å²) < 4.78 is 66.5. The second-order valence-corrected chi connectivity index (χ2v) is 16.2. The summed E-state index contributed by atoms with van der Waals surface area (Å²) in [6, 6.07) is 22.5. The zero-order valence-electron chi connectivity index (χ0n) is 34.5. The van der Waals surface area contributed by atoms with E-state index in [2.05, 4.69) is 10.1 Å². The first-order chi connectivity index (χ1) is 29.4. The number of carbonyl (C=O) groups excluding carboxylic acids is 5. The van der Waals surface area contributed by atoms with E-state index in [1.807, 2.05) is 60.7 Å². The Kier molecular flexibility index (Phi) is 14.3. The average Bonchev–Trinajstić information content (AvgIpc) is 3.90. The summed E-state index contributed by atoms with van der Waals surface area (Å²) in [5.74, 6) is -4.87. The number of carbonyl (C=O) groups is 5. The lowest BCUT2D eigenvalue weighted by Gasteiger charge is -2.33. The van der Waals surface area contributed by atoms with Crippen LogP contribution in [0.5, 0.6) is 0 Å². The van der Waals surface area contributed by atoms with E-state index in [0.717, 1.165) is 6.08 Å². The molecule has 0 radical (unpaired) electrons. The Morgan fingerprint density at radius 3 is 2.18 bits per heavy atom. The van der Waals surface area contributed by atoms with E-state index in [1.54, 1.807) is 26.8 Å². The summed E-state index contributed by atoms with van der Waals surface area (Å²) >= 11 is 0. The number of ether oxygens (including phenoxy) is 5. The van der Waals surface area contributed by atoms with Crippen LogP contribution >= 0.6 is 0 Å². The summed E-state index contributed by atoms with van der Waals surface area (Å²) in [7, 11) is 0. The molecule has 1 aliphatic carbocycles. The molecule has 0 saturated carbocycles. The Morgan fingerprint density at radius 2 is 1.58 bits per heavy atom. The smallest absolute Gasteiger partial charge is 0.422 e. The van der Waals surface area contributed by atoms with Crippen molar-refractivity contribution < 1.29 is 65.9 Å². The minimum Gasteiger partial charge on any atom is -0.460 e. The maximum atomic E-state index is 14.5. The number of nitrogens with zero attached hydrogens (tertiary/aromatic N) is 1. The van der Waals surface area contributed by atoms with Gasteiger partial charge < -0.3 is 39.0 Å². The van der Waals surface area contributed by atoms with Gasteiger partial charge in [-0.15, -0.1) is 0 Å². The second kappa shape index (κ2) is 19.5. The molecule has 16 heteroatoms. The highest BCUT2D eigenvalue weighted by molar-refractivity contribution is 5.98. The zero-order valence-corrected chi connectivity index (χ0v) is 34.5. The number of aliphatic hydroxyl groups excluding tert-OH is 1. The molecule has 0 bridgehead atoms. The minimum atomic E-state index is -4.67. The maximum absolute atomic E-state index is 14.5. The van der Waals surface area contributed by atoms with Gasteiger partial charge in [-0.3, -0.25) is 14.4 Å². The van der Waals surface area contributed by atoms with Crippen LogP contribution in [0.1, 0.15) is 79.9 Å². The lowest BCUT2D eigenvalue weighted by atomic mass is 9.91. The van der Waals surface area contributed by atoms with Crippen LogP contribution in [0.4, 0.5) is 13.2 Å². The van der Waals surface area contributed by atoms with E-state index in [-0.39, 0.29) is 36.9 Å². The van der Waals surface area contributed by atoms with Crippen LogP contribution in [0.15, 0.2) is 103 Å². The molecule has 0 aromatic heterocycles. The molecule has 2 fully saturated rings. The van der Waals surface area contributed by atoms with Crippen molar-refractivity contribution in [2.24, 2.45) is 0 Å². The predicted octanol–water partition coefficient (Wildman–Crippen LogP) is 5.94. The number of benzene rings is 3. The number of likely N-dealkylation sites (tertiary alicyclic amines) is 1. The summed E-state index contributed by atoms with van der Waals surface area (Å²) in [6.45, 7) is 3.32. The number of alkyl halides is 3. The Balaban J connectivity index is 1.23. The fourth-order valence-corrected chi connectivity index (χ4v) is 7.54. The van der Waals surface area contributed by atoms with Gasteiger partial charge in [0.1, 0.15) is 30.0 Å². The number of hydrogen-bond donors (Lipinski definition) is 2. The molecule has 0 spiro atoms. The molecule has 2 aliphatic heterocycles. The highest BCUT2D eigenvalue weighted by atomic mass is 19.4. The molecule has 2 amide bonds. The van der Waals surface area contributed by atoms with Crippen molar-refractivity contribution in [2.75, 3.05) is 19.8 Å². The zero-order chi connectivity index (χ0) is 44.7. The number of fused-ring (bicyclic) bond motifs is 1. The first-order valence-corrected chi connectivity index (χ1v) is 20.3. The molecular formula is C46H49F3N2O11. The van der Waals surface area contributed by atoms with Gasteiger partial charge in [-0.25, -0.2) is 9.59 Å². The van der Waals surface area contributed by atoms with E-state index in [0.29, 0.717) is 29.5 Å². The fourth-order valence-electron chi connectivity index (χ4n) is 7.54. The van der Waals surface area contributed by atoms with E-state index in [1.165, 1.54) is 35.2 Å². The molecule has 2 heterocycles. The largest absolute Gasteiger partial charge is 0.460 e. The summed E-state index contributed by atoms with van der Waals surface area (Å²) in [6.07, 6.45) is -2.98. The van der Waals surface area contributed by atoms with Gasteiger partial charge in [0.05, 0.1) is 18.2 Å². The highest BCUT2D eigenvalue weighted by Gasteiger charge is 2.55. The molecule has 2 N–H and O–H groups in total. The van der Waals surface area contributed by atoms with Gasteiger partial charge in [0.2, 0.25) is 17.6 Å².